The number of aliphatic hydroxyl groups excluding tert-OH is 1. The van der Waals surface area contributed by atoms with Gasteiger partial charge in [0.25, 0.3) is 0 Å². The first-order valence-electron chi connectivity index (χ1n) is 9.97. The van der Waals surface area contributed by atoms with Crippen LogP contribution < -0.4 is 15.2 Å². The maximum absolute atomic E-state index is 13.6. The van der Waals surface area contributed by atoms with E-state index in [0.717, 1.165) is 23.2 Å². The Balaban J connectivity index is 1.63. The van der Waals surface area contributed by atoms with Gasteiger partial charge in [-0.1, -0.05) is 29.5 Å². The van der Waals surface area contributed by atoms with Crippen LogP contribution in [0.3, 0.4) is 0 Å². The van der Waals surface area contributed by atoms with Crippen LogP contribution in [-0.4, -0.2) is 35.1 Å². The number of aliphatic hydroxyl groups is 1. The molecule has 3 rings (SSSR count). The second-order valence-electron chi connectivity index (χ2n) is 7.41. The molecular formula is C22H24F3N3O3S. The lowest BCUT2D eigenvalue weighted by Gasteiger charge is -2.17. The van der Waals surface area contributed by atoms with E-state index in [1.54, 1.807) is 6.92 Å². The van der Waals surface area contributed by atoms with Crippen LogP contribution in [0.5, 0.6) is 11.5 Å². The molecule has 2 aromatic carbocycles. The van der Waals surface area contributed by atoms with E-state index >= 15 is 0 Å². The lowest BCUT2D eigenvalue weighted by molar-refractivity contribution is -0.138. The molecule has 0 saturated carbocycles. The zero-order valence-electron chi connectivity index (χ0n) is 17.4. The summed E-state index contributed by atoms with van der Waals surface area (Å²) in [6.45, 7) is 1.79. The zero-order chi connectivity index (χ0) is 23.2. The zero-order valence-corrected chi connectivity index (χ0v) is 18.2. The quantitative estimate of drug-likeness (QED) is 0.423. The SMILES string of the molecule is C[C@](N)(CO)c1nnc(-c2ccc(OCCCCOc3ccccc3)c(C(F)(F)F)c2)s1. The minimum absolute atomic E-state index is 0.131. The molecule has 0 unspecified atom stereocenters. The van der Waals surface area contributed by atoms with Gasteiger partial charge in [0.2, 0.25) is 0 Å². The van der Waals surface area contributed by atoms with Crippen molar-refractivity contribution in [3.05, 3.63) is 59.1 Å². The van der Waals surface area contributed by atoms with Crippen molar-refractivity contribution in [3.8, 4) is 22.1 Å². The van der Waals surface area contributed by atoms with Crippen molar-refractivity contribution in [3.63, 3.8) is 0 Å². The van der Waals surface area contributed by atoms with Crippen LogP contribution in [0.25, 0.3) is 10.6 Å². The second-order valence-corrected chi connectivity index (χ2v) is 8.39. The van der Waals surface area contributed by atoms with Gasteiger partial charge in [0.15, 0.2) is 0 Å². The molecule has 0 saturated heterocycles. The highest BCUT2D eigenvalue weighted by Gasteiger charge is 2.35. The topological polar surface area (TPSA) is 90.5 Å². The fraction of sp³-hybridized carbons (Fsp3) is 0.364. The highest BCUT2D eigenvalue weighted by Crippen LogP contribution is 2.39. The molecule has 0 bridgehead atoms. The molecule has 0 spiro atoms. The molecule has 1 aromatic heterocycles. The summed E-state index contributed by atoms with van der Waals surface area (Å²) in [5, 5.41) is 17.8. The third kappa shape index (κ3) is 6.18. The molecule has 0 aliphatic heterocycles. The Bertz CT molecular complexity index is 1010. The molecule has 0 amide bonds. The summed E-state index contributed by atoms with van der Waals surface area (Å²) in [4.78, 5) is 0. The van der Waals surface area contributed by atoms with E-state index in [9.17, 15) is 18.3 Å². The molecular weight excluding hydrogens is 443 g/mol. The third-order valence-corrected chi connectivity index (χ3v) is 5.83. The number of unbranched alkanes of at least 4 members (excludes halogenated alkanes) is 1. The number of alkyl halides is 3. The molecule has 3 N–H and O–H groups in total. The number of rotatable bonds is 10. The van der Waals surface area contributed by atoms with E-state index in [2.05, 4.69) is 10.2 Å². The predicted octanol–water partition coefficient (Wildman–Crippen LogP) is 4.63. The molecule has 0 aliphatic rings. The minimum Gasteiger partial charge on any atom is -0.494 e. The first-order chi connectivity index (χ1) is 15.2. The Hall–Kier alpha value is -2.69. The third-order valence-electron chi connectivity index (χ3n) is 4.58. The van der Waals surface area contributed by atoms with Gasteiger partial charge >= 0.3 is 6.18 Å². The fourth-order valence-corrected chi connectivity index (χ4v) is 3.63. The fourth-order valence-electron chi connectivity index (χ4n) is 2.74. The van der Waals surface area contributed by atoms with Crippen molar-refractivity contribution < 1.29 is 27.8 Å². The normalized spacial score (nSPS) is 13.6. The van der Waals surface area contributed by atoms with E-state index < -0.39 is 17.3 Å². The largest absolute Gasteiger partial charge is 0.494 e. The number of nitrogens with zero attached hydrogens (tertiary/aromatic N) is 2. The Morgan fingerprint density at radius 1 is 1.00 bits per heavy atom. The molecule has 0 radical (unpaired) electrons. The maximum atomic E-state index is 13.6. The number of benzene rings is 2. The first kappa shape index (κ1) is 24.0. The summed E-state index contributed by atoms with van der Waals surface area (Å²) in [6.07, 6.45) is -3.41. The molecule has 10 heteroatoms. The number of ether oxygens (including phenoxy) is 2. The van der Waals surface area contributed by atoms with E-state index in [1.165, 1.54) is 12.1 Å². The van der Waals surface area contributed by atoms with Crippen molar-refractivity contribution in [2.45, 2.75) is 31.5 Å². The van der Waals surface area contributed by atoms with Gasteiger partial charge in [-0.2, -0.15) is 13.2 Å². The molecule has 1 atom stereocenters. The number of aromatic nitrogens is 2. The number of para-hydroxylation sites is 1. The van der Waals surface area contributed by atoms with E-state index in [4.69, 9.17) is 15.2 Å². The lowest BCUT2D eigenvalue weighted by atomic mass is 10.1. The van der Waals surface area contributed by atoms with Crippen LogP contribution in [0.15, 0.2) is 48.5 Å². The molecule has 3 aromatic rings. The summed E-state index contributed by atoms with van der Waals surface area (Å²) in [6, 6.07) is 13.1. The Morgan fingerprint density at radius 2 is 1.69 bits per heavy atom. The molecule has 0 aliphatic carbocycles. The van der Waals surface area contributed by atoms with Gasteiger partial charge < -0.3 is 20.3 Å². The summed E-state index contributed by atoms with van der Waals surface area (Å²) in [5.74, 6) is 0.506. The van der Waals surface area contributed by atoms with Crippen molar-refractivity contribution in [2.75, 3.05) is 19.8 Å². The maximum Gasteiger partial charge on any atom is 0.419 e. The monoisotopic (exact) mass is 467 g/mol. The average Bonchev–Trinajstić information content (AvgIpc) is 3.27. The van der Waals surface area contributed by atoms with Crippen LogP contribution in [0, 0.1) is 0 Å². The molecule has 32 heavy (non-hydrogen) atoms. The first-order valence-corrected chi connectivity index (χ1v) is 10.8. The van der Waals surface area contributed by atoms with Crippen LogP contribution in [-0.2, 0) is 11.7 Å². The van der Waals surface area contributed by atoms with E-state index in [1.807, 2.05) is 30.3 Å². The van der Waals surface area contributed by atoms with Gasteiger partial charge in [-0.3, -0.25) is 0 Å². The molecule has 0 fully saturated rings. The number of nitrogens with two attached hydrogens (primary N) is 1. The van der Waals surface area contributed by atoms with E-state index in [-0.39, 0.29) is 29.5 Å². The summed E-state index contributed by atoms with van der Waals surface area (Å²) in [7, 11) is 0. The summed E-state index contributed by atoms with van der Waals surface area (Å²) >= 11 is 1.04. The molecule has 1 heterocycles. The number of hydrogen-bond acceptors (Lipinski definition) is 7. The van der Waals surface area contributed by atoms with Crippen LogP contribution in [0.2, 0.25) is 0 Å². The molecule has 6 nitrogen and oxygen atoms in total. The van der Waals surface area contributed by atoms with Crippen molar-refractivity contribution >= 4 is 11.3 Å². The molecule has 172 valence electrons. The standard InChI is InChI=1S/C22H24F3N3O3S/c1-21(26,14-29)20-28-27-19(32-20)15-9-10-18(17(13-15)22(23,24)25)31-12-6-5-11-30-16-7-3-2-4-8-16/h2-4,7-10,13,29H,5-6,11-12,14,26H2,1H3/t21-/m0/s1. The predicted molar refractivity (Wildman–Crippen MR) is 116 cm³/mol. The van der Waals surface area contributed by atoms with E-state index in [0.29, 0.717) is 24.5 Å². The van der Waals surface area contributed by atoms with Gasteiger partial charge in [0.05, 0.1) is 30.9 Å². The van der Waals surface area contributed by atoms with Crippen LogP contribution >= 0.6 is 11.3 Å². The Labute approximate surface area is 187 Å². The minimum atomic E-state index is -4.59. The van der Waals surface area contributed by atoms with Crippen molar-refractivity contribution in [1.29, 1.82) is 0 Å². The van der Waals surface area contributed by atoms with Crippen LogP contribution in [0.4, 0.5) is 13.2 Å². The van der Waals surface area contributed by atoms with Gasteiger partial charge in [-0.15, -0.1) is 10.2 Å². The van der Waals surface area contributed by atoms with Crippen molar-refractivity contribution in [1.82, 2.24) is 10.2 Å². The van der Waals surface area contributed by atoms with Gasteiger partial charge in [-0.05, 0) is 50.1 Å². The average molecular weight is 468 g/mol. The Kier molecular flexibility index (Phi) is 7.70. The van der Waals surface area contributed by atoms with Crippen molar-refractivity contribution in [2.24, 2.45) is 5.73 Å². The lowest BCUT2D eigenvalue weighted by Crippen LogP contribution is -2.36. The van der Waals surface area contributed by atoms with Gasteiger partial charge in [-0.25, -0.2) is 0 Å². The van der Waals surface area contributed by atoms with Gasteiger partial charge in [0, 0.05) is 5.56 Å². The summed E-state index contributed by atoms with van der Waals surface area (Å²) < 4.78 is 51.9. The van der Waals surface area contributed by atoms with Crippen LogP contribution in [0.1, 0.15) is 30.3 Å². The Morgan fingerprint density at radius 3 is 2.34 bits per heavy atom. The summed E-state index contributed by atoms with van der Waals surface area (Å²) in [5.41, 5.74) is 4.17. The number of halogens is 3. The number of hydrogen-bond donors (Lipinski definition) is 2. The van der Waals surface area contributed by atoms with Gasteiger partial charge in [0.1, 0.15) is 21.5 Å². The highest BCUT2D eigenvalue weighted by atomic mass is 32.1. The smallest absolute Gasteiger partial charge is 0.419 e. The second kappa shape index (κ2) is 10.3. The highest BCUT2D eigenvalue weighted by molar-refractivity contribution is 7.14.